The molecule has 2 amide bonds. The van der Waals surface area contributed by atoms with Crippen LogP contribution in [-0.4, -0.2) is 44.1 Å². The van der Waals surface area contributed by atoms with Gasteiger partial charge >= 0.3 is 6.03 Å². The van der Waals surface area contributed by atoms with Crippen molar-refractivity contribution < 1.29 is 17.9 Å². The maximum absolute atomic E-state index is 12.2. The summed E-state index contributed by atoms with van der Waals surface area (Å²) in [7, 11) is -3.16. The topological polar surface area (TPSA) is 87.7 Å². The van der Waals surface area contributed by atoms with Gasteiger partial charge in [0.1, 0.15) is 11.5 Å². The van der Waals surface area contributed by atoms with Crippen LogP contribution < -0.4 is 15.4 Å². The summed E-state index contributed by atoms with van der Waals surface area (Å²) in [5, 5.41) is 5.77. The van der Waals surface area contributed by atoms with Gasteiger partial charge in [-0.15, -0.1) is 0 Å². The first kappa shape index (κ1) is 20.2. The van der Waals surface area contributed by atoms with E-state index in [1.54, 1.807) is 0 Å². The van der Waals surface area contributed by atoms with E-state index in [1.165, 1.54) is 10.6 Å². The average Bonchev–Trinajstić information content (AvgIpc) is 2.68. The number of nitrogens with one attached hydrogen (secondary N) is 2. The van der Waals surface area contributed by atoms with Crippen molar-refractivity contribution in [1.82, 2.24) is 14.9 Å². The van der Waals surface area contributed by atoms with E-state index < -0.39 is 10.0 Å². The summed E-state index contributed by atoms with van der Waals surface area (Å²) in [4.78, 5) is 12.2. The van der Waals surface area contributed by atoms with Crippen molar-refractivity contribution in [3.8, 4) is 11.5 Å². The van der Waals surface area contributed by atoms with Crippen molar-refractivity contribution in [3.05, 3.63) is 60.2 Å². The second-order valence-corrected chi connectivity index (χ2v) is 8.77. The van der Waals surface area contributed by atoms with Gasteiger partial charge in [-0.05, 0) is 31.0 Å². The van der Waals surface area contributed by atoms with E-state index in [0.717, 1.165) is 11.3 Å². The summed E-state index contributed by atoms with van der Waals surface area (Å²) in [6.45, 7) is 1.19. The third kappa shape index (κ3) is 5.71. The Balaban J connectivity index is 1.50. The van der Waals surface area contributed by atoms with Crippen molar-refractivity contribution in [2.45, 2.75) is 25.4 Å². The minimum absolute atomic E-state index is 0.0335. The lowest BCUT2D eigenvalue weighted by Crippen LogP contribution is -2.48. The zero-order chi connectivity index (χ0) is 20.0. The number of sulfonamides is 1. The van der Waals surface area contributed by atoms with Crippen LogP contribution in [0.25, 0.3) is 0 Å². The standard InChI is InChI=1S/C20H25N3O4S/c1-28(25,26)23-13-11-17(12-14-23)22-20(24)21-15-16-7-5-6-10-19(16)27-18-8-3-2-4-9-18/h2-10,17H,11-15H2,1H3,(H2,21,22,24). The third-order valence-corrected chi connectivity index (χ3v) is 5.94. The second-order valence-electron chi connectivity index (χ2n) is 6.79. The van der Waals surface area contributed by atoms with Crippen LogP contribution in [0.5, 0.6) is 11.5 Å². The van der Waals surface area contributed by atoms with E-state index in [9.17, 15) is 13.2 Å². The molecule has 2 aromatic rings. The smallest absolute Gasteiger partial charge is 0.315 e. The van der Waals surface area contributed by atoms with Gasteiger partial charge in [0.15, 0.2) is 0 Å². The van der Waals surface area contributed by atoms with Gasteiger partial charge in [0, 0.05) is 31.2 Å². The molecule has 0 bridgehead atoms. The van der Waals surface area contributed by atoms with Gasteiger partial charge in [0.25, 0.3) is 0 Å². The Kier molecular flexibility index (Phi) is 6.53. The van der Waals surface area contributed by atoms with Gasteiger partial charge in [0.2, 0.25) is 10.0 Å². The maximum atomic E-state index is 12.2. The zero-order valence-corrected chi connectivity index (χ0v) is 16.6. The first-order chi connectivity index (χ1) is 13.4. The summed E-state index contributed by atoms with van der Waals surface area (Å²) >= 11 is 0. The SMILES string of the molecule is CS(=O)(=O)N1CCC(NC(=O)NCc2ccccc2Oc2ccccc2)CC1. The molecule has 1 aliphatic rings. The summed E-state index contributed by atoms with van der Waals surface area (Å²) in [6, 6.07) is 16.7. The number of carbonyl (C=O) groups excluding carboxylic acids is 1. The van der Waals surface area contributed by atoms with Crippen LogP contribution in [0.3, 0.4) is 0 Å². The molecule has 8 heteroatoms. The number of hydrogen-bond acceptors (Lipinski definition) is 4. The number of urea groups is 1. The van der Waals surface area contributed by atoms with Gasteiger partial charge in [-0.25, -0.2) is 17.5 Å². The molecule has 1 aliphatic heterocycles. The van der Waals surface area contributed by atoms with Crippen LogP contribution in [0.1, 0.15) is 18.4 Å². The van der Waals surface area contributed by atoms with Crippen molar-refractivity contribution in [2.75, 3.05) is 19.3 Å². The van der Waals surface area contributed by atoms with Crippen LogP contribution in [0.15, 0.2) is 54.6 Å². The number of benzene rings is 2. The number of hydrogen-bond donors (Lipinski definition) is 2. The third-order valence-electron chi connectivity index (χ3n) is 4.64. The second kappa shape index (κ2) is 9.07. The van der Waals surface area contributed by atoms with Gasteiger partial charge in [0.05, 0.1) is 6.26 Å². The number of nitrogens with zero attached hydrogens (tertiary/aromatic N) is 1. The molecule has 3 rings (SSSR count). The Labute approximate surface area is 165 Å². The fourth-order valence-electron chi connectivity index (χ4n) is 3.11. The Bertz CT molecular complexity index is 895. The van der Waals surface area contributed by atoms with Crippen LogP contribution >= 0.6 is 0 Å². The molecule has 0 radical (unpaired) electrons. The lowest BCUT2D eigenvalue weighted by Gasteiger charge is -2.30. The lowest BCUT2D eigenvalue weighted by atomic mass is 10.1. The largest absolute Gasteiger partial charge is 0.457 e. The molecule has 0 unspecified atom stereocenters. The van der Waals surface area contributed by atoms with Crippen LogP contribution in [0.4, 0.5) is 4.79 Å². The Morgan fingerprint density at radius 3 is 2.39 bits per heavy atom. The monoisotopic (exact) mass is 403 g/mol. The minimum Gasteiger partial charge on any atom is -0.457 e. The van der Waals surface area contributed by atoms with E-state index >= 15 is 0 Å². The minimum atomic E-state index is -3.16. The van der Waals surface area contributed by atoms with Gasteiger partial charge in [-0.3, -0.25) is 0 Å². The molecule has 150 valence electrons. The van der Waals surface area contributed by atoms with Crippen molar-refractivity contribution in [2.24, 2.45) is 0 Å². The predicted molar refractivity (Wildman–Crippen MR) is 108 cm³/mol. The summed E-state index contributed by atoms with van der Waals surface area (Å²) < 4.78 is 30.4. The summed E-state index contributed by atoms with van der Waals surface area (Å²) in [6.07, 6.45) is 2.42. The molecule has 0 saturated carbocycles. The van der Waals surface area contributed by atoms with Crippen LogP contribution in [0.2, 0.25) is 0 Å². The van der Waals surface area contributed by atoms with E-state index in [2.05, 4.69) is 10.6 Å². The molecule has 0 spiro atoms. The molecule has 1 fully saturated rings. The quantitative estimate of drug-likeness (QED) is 0.776. The first-order valence-electron chi connectivity index (χ1n) is 9.22. The van der Waals surface area contributed by atoms with E-state index in [0.29, 0.717) is 38.2 Å². The number of carbonyl (C=O) groups is 1. The van der Waals surface area contributed by atoms with Crippen LogP contribution in [0, 0.1) is 0 Å². The lowest BCUT2D eigenvalue weighted by molar-refractivity contribution is 0.227. The molecule has 0 aliphatic carbocycles. The van der Waals surface area contributed by atoms with Gasteiger partial charge < -0.3 is 15.4 Å². The van der Waals surface area contributed by atoms with E-state index in [4.69, 9.17) is 4.74 Å². The number of para-hydroxylation sites is 2. The molecule has 0 aromatic heterocycles. The molecule has 2 N–H and O–H groups in total. The average molecular weight is 404 g/mol. The zero-order valence-electron chi connectivity index (χ0n) is 15.8. The highest BCUT2D eigenvalue weighted by atomic mass is 32.2. The van der Waals surface area contributed by atoms with Crippen molar-refractivity contribution >= 4 is 16.1 Å². The van der Waals surface area contributed by atoms with E-state index in [1.807, 2.05) is 54.6 Å². The molecule has 1 heterocycles. The Hall–Kier alpha value is -2.58. The van der Waals surface area contributed by atoms with Crippen molar-refractivity contribution in [3.63, 3.8) is 0 Å². The number of rotatable bonds is 6. The van der Waals surface area contributed by atoms with Gasteiger partial charge in [-0.2, -0.15) is 0 Å². The molecular weight excluding hydrogens is 378 g/mol. The predicted octanol–water partition coefficient (Wildman–Crippen LogP) is 2.70. The highest BCUT2D eigenvalue weighted by Gasteiger charge is 2.25. The Morgan fingerprint density at radius 1 is 1.07 bits per heavy atom. The van der Waals surface area contributed by atoms with Crippen molar-refractivity contribution in [1.29, 1.82) is 0 Å². The fourth-order valence-corrected chi connectivity index (χ4v) is 3.98. The normalized spacial score (nSPS) is 15.8. The first-order valence-corrected chi connectivity index (χ1v) is 11.1. The molecular formula is C20H25N3O4S. The Morgan fingerprint density at radius 2 is 1.71 bits per heavy atom. The molecule has 2 aromatic carbocycles. The van der Waals surface area contributed by atoms with Crippen LogP contribution in [-0.2, 0) is 16.6 Å². The molecule has 1 saturated heterocycles. The number of piperidine rings is 1. The number of amides is 2. The molecule has 28 heavy (non-hydrogen) atoms. The fraction of sp³-hybridized carbons (Fsp3) is 0.350. The summed E-state index contributed by atoms with van der Waals surface area (Å²) in [5.74, 6) is 1.42. The maximum Gasteiger partial charge on any atom is 0.315 e. The molecule has 7 nitrogen and oxygen atoms in total. The summed E-state index contributed by atoms with van der Waals surface area (Å²) in [5.41, 5.74) is 0.869. The number of ether oxygens (including phenoxy) is 1. The highest BCUT2D eigenvalue weighted by Crippen LogP contribution is 2.24. The van der Waals surface area contributed by atoms with Gasteiger partial charge in [-0.1, -0.05) is 36.4 Å². The van der Waals surface area contributed by atoms with E-state index in [-0.39, 0.29) is 12.1 Å². The highest BCUT2D eigenvalue weighted by molar-refractivity contribution is 7.88. The molecule has 0 atom stereocenters.